The van der Waals surface area contributed by atoms with E-state index in [0.29, 0.717) is 26.2 Å². The zero-order valence-electron chi connectivity index (χ0n) is 16.4. The molecule has 2 amide bonds. The van der Waals surface area contributed by atoms with Crippen LogP contribution in [0.5, 0.6) is 5.75 Å². The number of carbonyl (C=O) groups is 3. The average Bonchev–Trinajstić information content (AvgIpc) is 2.78. The van der Waals surface area contributed by atoms with Gasteiger partial charge >= 0.3 is 17.8 Å². The van der Waals surface area contributed by atoms with Crippen molar-refractivity contribution in [2.75, 3.05) is 50.6 Å². The Hall–Kier alpha value is -3.55. The molecule has 0 spiro atoms. The molecule has 1 aliphatic rings. The first-order valence-electron chi connectivity index (χ1n) is 9.20. The van der Waals surface area contributed by atoms with E-state index < -0.39 is 17.8 Å². The van der Waals surface area contributed by atoms with Crippen molar-refractivity contribution >= 4 is 29.2 Å². The van der Waals surface area contributed by atoms with Crippen molar-refractivity contribution in [1.29, 1.82) is 0 Å². The first-order valence-corrected chi connectivity index (χ1v) is 9.20. The number of methoxy groups -OCH3 is 2. The van der Waals surface area contributed by atoms with Gasteiger partial charge in [-0.25, -0.2) is 4.79 Å². The zero-order valence-corrected chi connectivity index (χ0v) is 16.4. The van der Waals surface area contributed by atoms with Crippen LogP contribution in [0, 0.1) is 0 Å². The van der Waals surface area contributed by atoms with Crippen molar-refractivity contribution in [1.82, 2.24) is 4.90 Å². The fourth-order valence-corrected chi connectivity index (χ4v) is 3.24. The number of ether oxygens (including phenoxy) is 2. The predicted octanol–water partition coefficient (Wildman–Crippen LogP) is 1.77. The van der Waals surface area contributed by atoms with Crippen molar-refractivity contribution in [2.45, 2.75) is 0 Å². The van der Waals surface area contributed by atoms with Crippen LogP contribution in [0.1, 0.15) is 10.4 Å². The maximum absolute atomic E-state index is 12.6. The molecule has 152 valence electrons. The molecule has 0 bridgehead atoms. The second-order valence-electron chi connectivity index (χ2n) is 6.44. The second-order valence-corrected chi connectivity index (χ2v) is 6.44. The number of nitrogens with zero attached hydrogens (tertiary/aromatic N) is 2. The number of para-hydroxylation sites is 3. The lowest BCUT2D eigenvalue weighted by molar-refractivity contribution is -0.143. The minimum atomic E-state index is -0.785. The number of amides is 2. The standard InChI is InChI=1S/C21H23N3O5/c1-28-18-10-6-5-9-17(18)23-11-13-24(14-12-23)20(26)19(25)22-16-8-4-3-7-15(16)21(27)29-2/h3-10H,11-14H2,1-2H3,(H,22,25). The predicted molar refractivity (Wildman–Crippen MR) is 108 cm³/mol. The van der Waals surface area contributed by atoms with Crippen LogP contribution in [-0.2, 0) is 14.3 Å². The molecular weight excluding hydrogens is 374 g/mol. The van der Waals surface area contributed by atoms with Gasteiger partial charge in [0.2, 0.25) is 0 Å². The molecule has 0 saturated carbocycles. The van der Waals surface area contributed by atoms with E-state index in [4.69, 9.17) is 9.47 Å². The molecule has 0 unspecified atom stereocenters. The highest BCUT2D eigenvalue weighted by Gasteiger charge is 2.27. The highest BCUT2D eigenvalue weighted by Crippen LogP contribution is 2.28. The lowest BCUT2D eigenvalue weighted by Gasteiger charge is -2.36. The summed E-state index contributed by atoms with van der Waals surface area (Å²) in [4.78, 5) is 40.5. The molecule has 1 N–H and O–H groups in total. The number of hydrogen-bond acceptors (Lipinski definition) is 6. The summed E-state index contributed by atoms with van der Waals surface area (Å²) in [5.41, 5.74) is 1.39. The molecule has 3 rings (SSSR count). The van der Waals surface area contributed by atoms with Gasteiger partial charge in [-0.2, -0.15) is 0 Å². The molecule has 0 aromatic heterocycles. The fraction of sp³-hybridized carbons (Fsp3) is 0.286. The third-order valence-corrected chi connectivity index (χ3v) is 4.77. The van der Waals surface area contributed by atoms with Crippen LogP contribution in [-0.4, -0.2) is 63.1 Å². The third kappa shape index (κ3) is 4.48. The summed E-state index contributed by atoms with van der Waals surface area (Å²) in [7, 11) is 2.88. The quantitative estimate of drug-likeness (QED) is 0.625. The van der Waals surface area contributed by atoms with Crippen molar-refractivity contribution < 1.29 is 23.9 Å². The molecule has 1 aliphatic heterocycles. The van der Waals surface area contributed by atoms with Gasteiger partial charge in [-0.15, -0.1) is 0 Å². The molecule has 0 aliphatic carbocycles. The van der Waals surface area contributed by atoms with Crippen LogP contribution in [0.4, 0.5) is 11.4 Å². The van der Waals surface area contributed by atoms with E-state index in [1.54, 1.807) is 25.3 Å². The summed E-state index contributed by atoms with van der Waals surface area (Å²) >= 11 is 0. The van der Waals surface area contributed by atoms with Crippen LogP contribution in [0.25, 0.3) is 0 Å². The van der Waals surface area contributed by atoms with Crippen LogP contribution in [0.2, 0.25) is 0 Å². The van der Waals surface area contributed by atoms with Crippen molar-refractivity contribution in [2.24, 2.45) is 0 Å². The van der Waals surface area contributed by atoms with Crippen molar-refractivity contribution in [3.63, 3.8) is 0 Å². The van der Waals surface area contributed by atoms with Gasteiger partial charge in [-0.3, -0.25) is 9.59 Å². The van der Waals surface area contributed by atoms with Gasteiger partial charge in [0.1, 0.15) is 5.75 Å². The SMILES string of the molecule is COC(=O)c1ccccc1NC(=O)C(=O)N1CCN(c2ccccc2OC)CC1. The lowest BCUT2D eigenvalue weighted by atomic mass is 10.1. The minimum Gasteiger partial charge on any atom is -0.495 e. The number of nitrogens with one attached hydrogen (secondary N) is 1. The molecule has 2 aromatic carbocycles. The molecule has 1 fully saturated rings. The zero-order chi connectivity index (χ0) is 20.8. The summed E-state index contributed by atoms with van der Waals surface area (Å²) < 4.78 is 10.1. The van der Waals surface area contributed by atoms with E-state index in [9.17, 15) is 14.4 Å². The summed E-state index contributed by atoms with van der Waals surface area (Å²) in [6.07, 6.45) is 0. The van der Waals surface area contributed by atoms with Crippen molar-refractivity contribution in [3.05, 3.63) is 54.1 Å². The van der Waals surface area contributed by atoms with Gasteiger partial charge in [-0.05, 0) is 24.3 Å². The molecule has 1 saturated heterocycles. The van der Waals surface area contributed by atoms with Crippen LogP contribution >= 0.6 is 0 Å². The van der Waals surface area contributed by atoms with E-state index in [1.165, 1.54) is 18.1 Å². The molecule has 2 aromatic rings. The highest BCUT2D eigenvalue weighted by atomic mass is 16.5. The Morgan fingerprint density at radius 2 is 1.55 bits per heavy atom. The Morgan fingerprint density at radius 3 is 2.24 bits per heavy atom. The number of rotatable bonds is 4. The third-order valence-electron chi connectivity index (χ3n) is 4.77. The van der Waals surface area contributed by atoms with E-state index in [-0.39, 0.29) is 11.3 Å². The van der Waals surface area contributed by atoms with Crippen molar-refractivity contribution in [3.8, 4) is 5.75 Å². The Labute approximate surface area is 169 Å². The average molecular weight is 397 g/mol. The summed E-state index contributed by atoms with van der Waals surface area (Å²) in [6, 6.07) is 14.1. The number of piperazine rings is 1. The Balaban J connectivity index is 1.62. The summed E-state index contributed by atoms with van der Waals surface area (Å²) in [5, 5.41) is 2.52. The van der Waals surface area contributed by atoms with E-state index >= 15 is 0 Å². The summed E-state index contributed by atoms with van der Waals surface area (Å²) in [6.45, 7) is 1.97. The van der Waals surface area contributed by atoms with Gasteiger partial charge in [0.15, 0.2) is 0 Å². The van der Waals surface area contributed by atoms with Gasteiger partial charge in [0.05, 0.1) is 31.2 Å². The normalized spacial score (nSPS) is 13.6. The van der Waals surface area contributed by atoms with Gasteiger partial charge in [0, 0.05) is 26.2 Å². The van der Waals surface area contributed by atoms with Crippen LogP contribution in [0.15, 0.2) is 48.5 Å². The minimum absolute atomic E-state index is 0.192. The fourth-order valence-electron chi connectivity index (χ4n) is 3.24. The van der Waals surface area contributed by atoms with E-state index in [0.717, 1.165) is 11.4 Å². The maximum atomic E-state index is 12.6. The lowest BCUT2D eigenvalue weighted by Crippen LogP contribution is -2.51. The monoisotopic (exact) mass is 397 g/mol. The van der Waals surface area contributed by atoms with Crippen LogP contribution in [0.3, 0.4) is 0 Å². The maximum Gasteiger partial charge on any atom is 0.339 e. The summed E-state index contributed by atoms with van der Waals surface area (Å²) in [5.74, 6) is -1.24. The van der Waals surface area contributed by atoms with Gasteiger partial charge in [-0.1, -0.05) is 24.3 Å². The highest BCUT2D eigenvalue weighted by molar-refractivity contribution is 6.39. The number of carbonyl (C=O) groups excluding carboxylic acids is 3. The van der Waals surface area contributed by atoms with Gasteiger partial charge < -0.3 is 24.6 Å². The Bertz CT molecular complexity index is 907. The molecule has 0 atom stereocenters. The molecule has 8 heteroatoms. The van der Waals surface area contributed by atoms with E-state index in [1.807, 2.05) is 24.3 Å². The molecule has 8 nitrogen and oxygen atoms in total. The second kappa shape index (κ2) is 9.09. The Morgan fingerprint density at radius 1 is 0.897 bits per heavy atom. The number of anilines is 2. The number of hydrogen-bond donors (Lipinski definition) is 1. The first-order chi connectivity index (χ1) is 14.0. The Kier molecular flexibility index (Phi) is 6.33. The molecule has 29 heavy (non-hydrogen) atoms. The molecule has 0 radical (unpaired) electrons. The smallest absolute Gasteiger partial charge is 0.339 e. The molecular formula is C21H23N3O5. The topological polar surface area (TPSA) is 88.2 Å². The molecule has 1 heterocycles. The van der Waals surface area contributed by atoms with Gasteiger partial charge in [0.25, 0.3) is 0 Å². The number of esters is 1. The number of benzene rings is 2. The van der Waals surface area contributed by atoms with Crippen LogP contribution < -0.4 is 15.0 Å². The largest absolute Gasteiger partial charge is 0.495 e. The first kappa shape index (κ1) is 20.2. The van der Waals surface area contributed by atoms with E-state index in [2.05, 4.69) is 10.2 Å².